The van der Waals surface area contributed by atoms with Crippen LogP contribution < -0.4 is 0 Å². The smallest absolute Gasteiger partial charge is 0.160 e. The van der Waals surface area contributed by atoms with Crippen LogP contribution in [0.15, 0.2) is 194 Å². The topological polar surface area (TPSA) is 25.8 Å². The summed E-state index contributed by atoms with van der Waals surface area (Å²) in [6, 6.07) is 71.0. The summed E-state index contributed by atoms with van der Waals surface area (Å²) in [4.78, 5) is 10.7. The molecule has 0 N–H and O–H groups in total. The van der Waals surface area contributed by atoms with Gasteiger partial charge < -0.3 is 0 Å². The van der Waals surface area contributed by atoms with Gasteiger partial charge in [0, 0.05) is 27.5 Å². The number of fused-ring (bicyclic) bond motifs is 8. The molecule has 1 aromatic heterocycles. The normalized spacial score (nSPS) is 14.1. The molecule has 1 heterocycles. The van der Waals surface area contributed by atoms with Gasteiger partial charge in [-0.15, -0.1) is 0 Å². The lowest BCUT2D eigenvalue weighted by Gasteiger charge is -2.22. The van der Waals surface area contributed by atoms with Gasteiger partial charge in [0.05, 0.1) is 11.4 Å². The molecule has 0 bridgehead atoms. The van der Waals surface area contributed by atoms with Crippen molar-refractivity contribution in [3.05, 3.63) is 216 Å². The lowest BCUT2D eigenvalue weighted by atomic mass is 9.81. The van der Waals surface area contributed by atoms with Crippen LogP contribution >= 0.6 is 0 Å². The van der Waals surface area contributed by atoms with Crippen molar-refractivity contribution >= 4 is 21.5 Å². The van der Waals surface area contributed by atoms with Crippen molar-refractivity contribution in [3.63, 3.8) is 0 Å². The van der Waals surface area contributed by atoms with Crippen LogP contribution in [0.25, 0.3) is 100.0 Å². The Morgan fingerprint density at radius 2 is 0.839 bits per heavy atom. The van der Waals surface area contributed by atoms with E-state index in [1.54, 1.807) is 0 Å². The van der Waals surface area contributed by atoms with Crippen molar-refractivity contribution in [3.8, 4) is 78.4 Å². The lowest BCUT2D eigenvalue weighted by molar-refractivity contribution is 0.660. The standard InChI is InChI=1S/C60H44N2/c1-59(2)51-27-15-14-24-45(51)46-30-29-40(35-53(46)59)41-21-10-13-25-47(41)55-36-56(62-58(61-55)37-17-6-5-7-18-37)48-32-31-44(42-22-11-12-23-43(42)48)49-26-16-28-52-57(49)50-33-38-19-8-9-20-39(38)34-54(50)60(52,3)4/h5-36H,1-4H3. The molecule has 12 rings (SSSR count). The van der Waals surface area contributed by atoms with Crippen molar-refractivity contribution in [2.45, 2.75) is 38.5 Å². The number of hydrogen-bond donors (Lipinski definition) is 0. The van der Waals surface area contributed by atoms with Gasteiger partial charge in [0.2, 0.25) is 0 Å². The Morgan fingerprint density at radius 3 is 1.63 bits per heavy atom. The van der Waals surface area contributed by atoms with Gasteiger partial charge in [-0.05, 0) is 113 Å². The van der Waals surface area contributed by atoms with Crippen LogP contribution in [0, 0.1) is 0 Å². The SMILES string of the molecule is CC1(C)c2ccccc2-c2ccc(-c3ccccc3-c3cc(-c4ccc(-c5cccc6c5-c5cc7ccccc7cc5C6(C)C)c5ccccc45)nc(-c4ccccc4)n3)cc21. The molecular weight excluding hydrogens is 749 g/mol. The van der Waals surface area contributed by atoms with E-state index in [1.165, 1.54) is 77.4 Å². The average molecular weight is 793 g/mol. The Labute approximate surface area is 363 Å². The van der Waals surface area contributed by atoms with E-state index in [0.29, 0.717) is 5.82 Å². The molecule has 10 aromatic rings. The lowest BCUT2D eigenvalue weighted by Crippen LogP contribution is -2.14. The monoisotopic (exact) mass is 792 g/mol. The molecule has 0 atom stereocenters. The fourth-order valence-electron chi connectivity index (χ4n) is 10.7. The van der Waals surface area contributed by atoms with Crippen LogP contribution in [-0.4, -0.2) is 9.97 Å². The maximum absolute atomic E-state index is 5.37. The number of hydrogen-bond acceptors (Lipinski definition) is 2. The second kappa shape index (κ2) is 13.5. The van der Waals surface area contributed by atoms with Crippen LogP contribution in [-0.2, 0) is 10.8 Å². The molecule has 0 spiro atoms. The molecule has 0 fully saturated rings. The van der Waals surface area contributed by atoms with Crippen LogP contribution in [0.5, 0.6) is 0 Å². The van der Waals surface area contributed by atoms with Gasteiger partial charge in [-0.1, -0.05) is 198 Å². The molecule has 294 valence electrons. The van der Waals surface area contributed by atoms with E-state index in [0.717, 1.165) is 39.0 Å². The summed E-state index contributed by atoms with van der Waals surface area (Å²) in [6.07, 6.45) is 0. The summed E-state index contributed by atoms with van der Waals surface area (Å²) >= 11 is 0. The quantitative estimate of drug-likeness (QED) is 0.173. The zero-order chi connectivity index (χ0) is 41.7. The average Bonchev–Trinajstić information content (AvgIpc) is 3.69. The highest BCUT2D eigenvalue weighted by Gasteiger charge is 2.38. The van der Waals surface area contributed by atoms with E-state index in [-0.39, 0.29) is 10.8 Å². The molecule has 0 amide bonds. The van der Waals surface area contributed by atoms with Crippen LogP contribution in [0.2, 0.25) is 0 Å². The van der Waals surface area contributed by atoms with E-state index in [1.807, 2.05) is 6.07 Å². The van der Waals surface area contributed by atoms with Crippen molar-refractivity contribution in [1.82, 2.24) is 9.97 Å². The van der Waals surface area contributed by atoms with Crippen LogP contribution in [0.4, 0.5) is 0 Å². The number of rotatable bonds is 5. The molecule has 62 heavy (non-hydrogen) atoms. The van der Waals surface area contributed by atoms with Crippen molar-refractivity contribution in [1.29, 1.82) is 0 Å². The van der Waals surface area contributed by atoms with Gasteiger partial charge in [0.25, 0.3) is 0 Å². The van der Waals surface area contributed by atoms with Gasteiger partial charge in [0.1, 0.15) is 0 Å². The minimum atomic E-state index is -0.122. The molecule has 2 heteroatoms. The predicted molar refractivity (Wildman–Crippen MR) is 259 cm³/mol. The molecule has 9 aromatic carbocycles. The zero-order valence-electron chi connectivity index (χ0n) is 35.4. The summed E-state index contributed by atoms with van der Waals surface area (Å²) in [5, 5.41) is 4.92. The van der Waals surface area contributed by atoms with Crippen molar-refractivity contribution < 1.29 is 0 Å². The first-order valence-corrected chi connectivity index (χ1v) is 21.7. The maximum Gasteiger partial charge on any atom is 0.160 e. The Bertz CT molecular complexity index is 3460. The fraction of sp³-hybridized carbons (Fsp3) is 0.100. The maximum atomic E-state index is 5.37. The predicted octanol–water partition coefficient (Wildman–Crippen LogP) is 15.7. The van der Waals surface area contributed by atoms with E-state index < -0.39 is 0 Å². The molecule has 0 radical (unpaired) electrons. The van der Waals surface area contributed by atoms with Crippen LogP contribution in [0.3, 0.4) is 0 Å². The number of aromatic nitrogens is 2. The molecule has 2 nitrogen and oxygen atoms in total. The minimum Gasteiger partial charge on any atom is -0.228 e. The summed E-state index contributed by atoms with van der Waals surface area (Å²) < 4.78 is 0. The summed E-state index contributed by atoms with van der Waals surface area (Å²) in [5.74, 6) is 0.707. The highest BCUT2D eigenvalue weighted by atomic mass is 14.9. The summed E-state index contributed by atoms with van der Waals surface area (Å²) in [6.45, 7) is 9.43. The second-order valence-electron chi connectivity index (χ2n) is 18.1. The summed E-state index contributed by atoms with van der Waals surface area (Å²) in [7, 11) is 0. The Kier molecular flexibility index (Phi) is 7.96. The third-order valence-corrected chi connectivity index (χ3v) is 13.9. The fourth-order valence-corrected chi connectivity index (χ4v) is 10.7. The molecule has 2 aliphatic rings. The largest absolute Gasteiger partial charge is 0.228 e. The van der Waals surface area contributed by atoms with Crippen molar-refractivity contribution in [2.24, 2.45) is 0 Å². The van der Waals surface area contributed by atoms with E-state index in [4.69, 9.17) is 9.97 Å². The van der Waals surface area contributed by atoms with Gasteiger partial charge in [-0.25, -0.2) is 9.97 Å². The van der Waals surface area contributed by atoms with Gasteiger partial charge in [-0.2, -0.15) is 0 Å². The van der Waals surface area contributed by atoms with Crippen LogP contribution in [0.1, 0.15) is 49.9 Å². The van der Waals surface area contributed by atoms with Gasteiger partial charge in [0.15, 0.2) is 5.82 Å². The third-order valence-electron chi connectivity index (χ3n) is 13.9. The van der Waals surface area contributed by atoms with E-state index in [2.05, 4.69) is 216 Å². The Balaban J connectivity index is 1.03. The second-order valence-corrected chi connectivity index (χ2v) is 18.1. The first kappa shape index (κ1) is 36.4. The third kappa shape index (κ3) is 5.43. The zero-order valence-corrected chi connectivity index (χ0v) is 35.4. The first-order valence-electron chi connectivity index (χ1n) is 21.7. The number of nitrogens with zero attached hydrogens (tertiary/aromatic N) is 2. The molecule has 0 aliphatic heterocycles. The summed E-state index contributed by atoms with van der Waals surface area (Å²) in [5.41, 5.74) is 20.4. The molecule has 2 aliphatic carbocycles. The van der Waals surface area contributed by atoms with E-state index in [9.17, 15) is 0 Å². The molecular formula is C60H44N2. The van der Waals surface area contributed by atoms with Gasteiger partial charge >= 0.3 is 0 Å². The molecule has 0 saturated heterocycles. The Hall–Kier alpha value is -7.42. The first-order chi connectivity index (χ1) is 30.3. The minimum absolute atomic E-state index is 0.0968. The van der Waals surface area contributed by atoms with Crippen molar-refractivity contribution in [2.75, 3.05) is 0 Å². The van der Waals surface area contributed by atoms with E-state index >= 15 is 0 Å². The Morgan fingerprint density at radius 1 is 0.306 bits per heavy atom. The number of benzene rings is 9. The molecule has 0 unspecified atom stereocenters. The molecule has 0 saturated carbocycles. The highest BCUT2D eigenvalue weighted by Crippen LogP contribution is 2.54. The van der Waals surface area contributed by atoms with Gasteiger partial charge in [-0.3, -0.25) is 0 Å². The highest BCUT2D eigenvalue weighted by molar-refractivity contribution is 6.09.